The predicted octanol–water partition coefficient (Wildman–Crippen LogP) is 4.65. The summed E-state index contributed by atoms with van der Waals surface area (Å²) in [5.41, 5.74) is 0.873. The Kier molecular flexibility index (Phi) is 5.28. The van der Waals surface area contributed by atoms with Gasteiger partial charge in [-0.1, -0.05) is 31.2 Å². The van der Waals surface area contributed by atoms with Crippen LogP contribution < -0.4 is 4.74 Å². The fourth-order valence-electron chi connectivity index (χ4n) is 1.92. The zero-order valence-electron chi connectivity index (χ0n) is 11.6. The highest BCUT2D eigenvalue weighted by Gasteiger charge is 2.18. The number of rotatable bonds is 5. The molecule has 0 aliphatic carbocycles. The molecule has 0 amide bonds. The van der Waals surface area contributed by atoms with Gasteiger partial charge in [-0.3, -0.25) is 4.79 Å². The molecule has 0 saturated carbocycles. The first-order valence-corrected chi connectivity index (χ1v) is 7.51. The van der Waals surface area contributed by atoms with Crippen molar-refractivity contribution in [2.24, 2.45) is 0 Å². The fraction of sp³-hybridized carbons (Fsp3) is 0.176. The van der Waals surface area contributed by atoms with Gasteiger partial charge in [-0.05, 0) is 46.6 Å². The number of ether oxygens (including phenoxy) is 1. The second kappa shape index (κ2) is 7.18. The van der Waals surface area contributed by atoms with E-state index in [-0.39, 0.29) is 11.5 Å². The maximum Gasteiger partial charge on any atom is 0.343 e. The van der Waals surface area contributed by atoms with Crippen LogP contribution in [0.1, 0.15) is 40.5 Å². The Hall–Kier alpha value is -1.94. The molecule has 0 aliphatic rings. The molecule has 0 heterocycles. The van der Waals surface area contributed by atoms with Crippen LogP contribution in [0.4, 0.5) is 0 Å². The summed E-state index contributed by atoms with van der Waals surface area (Å²) in [6, 6.07) is 13.9. The monoisotopic (exact) mass is 346 g/mol. The van der Waals surface area contributed by atoms with E-state index < -0.39 is 5.97 Å². The van der Waals surface area contributed by atoms with Crippen molar-refractivity contribution in [3.63, 3.8) is 0 Å². The molecule has 0 fully saturated rings. The first-order valence-electron chi connectivity index (χ1n) is 6.72. The molecule has 2 aromatic rings. The Morgan fingerprint density at radius 1 is 1.05 bits per heavy atom. The van der Waals surface area contributed by atoms with Crippen molar-refractivity contribution in [2.75, 3.05) is 0 Å². The number of carbonyl (C=O) groups excluding carboxylic acids is 2. The minimum absolute atomic E-state index is 0.0327. The Morgan fingerprint density at radius 3 is 2.43 bits per heavy atom. The Morgan fingerprint density at radius 2 is 1.76 bits per heavy atom. The maximum atomic E-state index is 12.1. The molecule has 3 nitrogen and oxygen atoms in total. The number of hydrogen-bond donors (Lipinski definition) is 0. The van der Waals surface area contributed by atoms with Crippen LogP contribution in [-0.4, -0.2) is 11.8 Å². The van der Waals surface area contributed by atoms with E-state index in [1.54, 1.807) is 42.5 Å². The van der Waals surface area contributed by atoms with E-state index in [1.807, 2.05) is 13.0 Å². The molecule has 2 aromatic carbocycles. The summed E-state index contributed by atoms with van der Waals surface area (Å²) >= 11 is 3.34. The van der Waals surface area contributed by atoms with Gasteiger partial charge in [0.15, 0.2) is 11.5 Å². The molecule has 0 spiro atoms. The Labute approximate surface area is 132 Å². The van der Waals surface area contributed by atoms with E-state index in [1.165, 1.54) is 0 Å². The van der Waals surface area contributed by atoms with Crippen molar-refractivity contribution in [1.82, 2.24) is 0 Å². The van der Waals surface area contributed by atoms with Gasteiger partial charge in [-0.2, -0.15) is 0 Å². The van der Waals surface area contributed by atoms with Crippen LogP contribution in [0, 0.1) is 0 Å². The predicted molar refractivity (Wildman–Crippen MR) is 84.8 cm³/mol. The molecular weight excluding hydrogens is 332 g/mol. The minimum atomic E-state index is -0.479. The summed E-state index contributed by atoms with van der Waals surface area (Å²) in [6.07, 6.45) is 1.17. The Bertz CT molecular complexity index is 650. The van der Waals surface area contributed by atoms with Gasteiger partial charge in [0, 0.05) is 6.42 Å². The lowest BCUT2D eigenvalue weighted by Crippen LogP contribution is -2.12. The van der Waals surface area contributed by atoms with E-state index in [2.05, 4.69) is 15.9 Å². The highest BCUT2D eigenvalue weighted by molar-refractivity contribution is 9.10. The van der Waals surface area contributed by atoms with Crippen LogP contribution >= 0.6 is 15.9 Å². The van der Waals surface area contributed by atoms with Crippen molar-refractivity contribution in [3.8, 4) is 5.75 Å². The topological polar surface area (TPSA) is 43.4 Å². The molecule has 108 valence electrons. The average molecular weight is 347 g/mol. The zero-order chi connectivity index (χ0) is 15.2. The van der Waals surface area contributed by atoms with E-state index in [0.29, 0.717) is 22.0 Å². The number of carbonyl (C=O) groups is 2. The smallest absolute Gasteiger partial charge is 0.343 e. The molecule has 0 radical (unpaired) electrons. The number of esters is 1. The summed E-state index contributed by atoms with van der Waals surface area (Å²) in [7, 11) is 0. The lowest BCUT2D eigenvalue weighted by molar-refractivity contribution is 0.0731. The van der Waals surface area contributed by atoms with E-state index in [0.717, 1.165) is 6.42 Å². The van der Waals surface area contributed by atoms with Gasteiger partial charge in [0.1, 0.15) is 0 Å². The highest BCUT2D eigenvalue weighted by atomic mass is 79.9. The third-order valence-electron chi connectivity index (χ3n) is 2.95. The normalized spacial score (nSPS) is 10.2. The SMILES string of the molecule is CCCC(=O)c1cccc(Br)c1OC(=O)c1ccccc1. The number of ketones is 1. The second-order valence-corrected chi connectivity index (χ2v) is 5.40. The molecule has 0 aliphatic heterocycles. The van der Waals surface area contributed by atoms with Gasteiger partial charge >= 0.3 is 5.97 Å². The van der Waals surface area contributed by atoms with Gasteiger partial charge < -0.3 is 4.74 Å². The maximum absolute atomic E-state index is 12.1. The number of Topliss-reactive ketones (excluding diaryl/α,β-unsaturated/α-hetero) is 1. The van der Waals surface area contributed by atoms with Gasteiger partial charge in [-0.25, -0.2) is 4.79 Å². The summed E-state index contributed by atoms with van der Waals surface area (Å²) in [5, 5.41) is 0. The van der Waals surface area contributed by atoms with E-state index >= 15 is 0 Å². The fourth-order valence-corrected chi connectivity index (χ4v) is 2.37. The van der Waals surface area contributed by atoms with Crippen molar-refractivity contribution >= 4 is 27.7 Å². The molecule has 0 N–H and O–H groups in total. The summed E-state index contributed by atoms with van der Waals surface area (Å²) in [4.78, 5) is 24.3. The molecule has 0 bridgehead atoms. The average Bonchev–Trinajstić information content (AvgIpc) is 2.50. The van der Waals surface area contributed by atoms with E-state index in [9.17, 15) is 9.59 Å². The largest absolute Gasteiger partial charge is 0.421 e. The van der Waals surface area contributed by atoms with Crippen molar-refractivity contribution < 1.29 is 14.3 Å². The quantitative estimate of drug-likeness (QED) is 0.449. The molecule has 0 atom stereocenters. The van der Waals surface area contributed by atoms with Crippen LogP contribution in [0.15, 0.2) is 53.0 Å². The van der Waals surface area contributed by atoms with Crippen molar-refractivity contribution in [1.29, 1.82) is 0 Å². The minimum Gasteiger partial charge on any atom is -0.421 e. The number of benzene rings is 2. The van der Waals surface area contributed by atoms with Crippen LogP contribution in [-0.2, 0) is 0 Å². The van der Waals surface area contributed by atoms with Crippen LogP contribution in [0.25, 0.3) is 0 Å². The van der Waals surface area contributed by atoms with Gasteiger partial charge in [0.25, 0.3) is 0 Å². The van der Waals surface area contributed by atoms with Crippen molar-refractivity contribution in [2.45, 2.75) is 19.8 Å². The molecule has 0 saturated heterocycles. The third-order valence-corrected chi connectivity index (χ3v) is 3.57. The standard InChI is InChI=1S/C17H15BrO3/c1-2-7-15(19)13-10-6-11-14(18)16(13)21-17(20)12-8-4-3-5-9-12/h3-6,8-11H,2,7H2,1H3. The van der Waals surface area contributed by atoms with Crippen molar-refractivity contribution in [3.05, 3.63) is 64.1 Å². The molecule has 2 rings (SSSR count). The second-order valence-electron chi connectivity index (χ2n) is 4.55. The molecule has 0 aromatic heterocycles. The molecular formula is C17H15BrO3. The lowest BCUT2D eigenvalue weighted by atomic mass is 10.1. The number of para-hydroxylation sites is 1. The first kappa shape index (κ1) is 15.4. The van der Waals surface area contributed by atoms with Gasteiger partial charge in [0.2, 0.25) is 0 Å². The zero-order valence-corrected chi connectivity index (χ0v) is 13.2. The Balaban J connectivity index is 2.31. The lowest BCUT2D eigenvalue weighted by Gasteiger charge is -2.11. The summed E-state index contributed by atoms with van der Waals surface area (Å²) in [5.74, 6) is -0.229. The van der Waals surface area contributed by atoms with Crippen LogP contribution in [0.2, 0.25) is 0 Å². The van der Waals surface area contributed by atoms with Crippen LogP contribution in [0.5, 0.6) is 5.75 Å². The van der Waals surface area contributed by atoms with Gasteiger partial charge in [-0.15, -0.1) is 0 Å². The highest BCUT2D eigenvalue weighted by Crippen LogP contribution is 2.31. The van der Waals surface area contributed by atoms with E-state index in [4.69, 9.17) is 4.74 Å². The summed E-state index contributed by atoms with van der Waals surface area (Å²) in [6.45, 7) is 1.94. The number of hydrogen-bond acceptors (Lipinski definition) is 3. The third kappa shape index (κ3) is 3.79. The molecule has 21 heavy (non-hydrogen) atoms. The molecule has 4 heteroatoms. The summed E-state index contributed by atoms with van der Waals surface area (Å²) < 4.78 is 6.01. The first-order chi connectivity index (χ1) is 10.1. The molecule has 0 unspecified atom stereocenters. The number of halogens is 1. The van der Waals surface area contributed by atoms with Crippen LogP contribution in [0.3, 0.4) is 0 Å². The van der Waals surface area contributed by atoms with Gasteiger partial charge in [0.05, 0.1) is 15.6 Å².